The maximum absolute atomic E-state index is 12.8. The third-order valence-corrected chi connectivity index (χ3v) is 5.50. The van der Waals surface area contributed by atoms with Crippen LogP contribution in [0, 0.1) is 6.92 Å². The average Bonchev–Trinajstić information content (AvgIpc) is 3.28. The predicted octanol–water partition coefficient (Wildman–Crippen LogP) is 4.69. The summed E-state index contributed by atoms with van der Waals surface area (Å²) in [7, 11) is 4.48. The molecule has 3 N–H and O–H groups in total. The Hall–Kier alpha value is -4.11. The van der Waals surface area contributed by atoms with Crippen LogP contribution in [0.4, 0.5) is 5.69 Å². The Bertz CT molecular complexity index is 1320. The van der Waals surface area contributed by atoms with Gasteiger partial charge >= 0.3 is 0 Å². The number of thiocarbonyl (C=S) groups is 1. The molecule has 0 atom stereocenters. The third-order valence-electron chi connectivity index (χ3n) is 5.29. The van der Waals surface area contributed by atoms with Crippen molar-refractivity contribution in [1.82, 2.24) is 15.3 Å². The third kappa shape index (κ3) is 4.65. The molecule has 0 aliphatic heterocycles. The van der Waals surface area contributed by atoms with E-state index < -0.39 is 5.91 Å². The number of aryl methyl sites for hydroxylation is 1. The summed E-state index contributed by atoms with van der Waals surface area (Å²) < 4.78 is 15.9. The topological polar surface area (TPSA) is 97.5 Å². The van der Waals surface area contributed by atoms with E-state index >= 15 is 0 Å². The number of nitrogens with one attached hydrogen (secondary N) is 3. The molecule has 0 aliphatic carbocycles. The zero-order valence-corrected chi connectivity index (χ0v) is 20.0. The number of para-hydroxylation sites is 2. The molecule has 8 nitrogen and oxygen atoms in total. The molecule has 1 heterocycles. The van der Waals surface area contributed by atoms with Crippen molar-refractivity contribution in [1.29, 1.82) is 0 Å². The van der Waals surface area contributed by atoms with Crippen molar-refractivity contribution in [2.75, 3.05) is 26.6 Å². The summed E-state index contributed by atoms with van der Waals surface area (Å²) in [6, 6.07) is 16.8. The second kappa shape index (κ2) is 9.80. The Labute approximate surface area is 202 Å². The van der Waals surface area contributed by atoms with Crippen LogP contribution < -0.4 is 24.8 Å². The number of rotatable bonds is 6. The lowest BCUT2D eigenvalue weighted by Crippen LogP contribution is -2.34. The number of fused-ring (bicyclic) bond motifs is 1. The van der Waals surface area contributed by atoms with Crippen LogP contribution in [0.1, 0.15) is 15.9 Å². The van der Waals surface area contributed by atoms with Crippen LogP contribution in [0.5, 0.6) is 17.2 Å². The first kappa shape index (κ1) is 23.1. The van der Waals surface area contributed by atoms with Crippen LogP contribution in [-0.4, -0.2) is 42.3 Å². The van der Waals surface area contributed by atoms with E-state index in [0.29, 0.717) is 22.8 Å². The van der Waals surface area contributed by atoms with Crippen LogP contribution in [-0.2, 0) is 0 Å². The number of aromatic amines is 1. The number of imidazole rings is 1. The summed E-state index contributed by atoms with van der Waals surface area (Å²) in [5, 5.41) is 5.90. The highest BCUT2D eigenvalue weighted by Crippen LogP contribution is 2.38. The number of anilines is 1. The second-order valence-corrected chi connectivity index (χ2v) is 7.86. The second-order valence-electron chi connectivity index (χ2n) is 7.45. The van der Waals surface area contributed by atoms with E-state index in [9.17, 15) is 4.79 Å². The Kier molecular flexibility index (Phi) is 6.65. The number of aromatic nitrogens is 2. The number of nitrogens with zero attached hydrogens (tertiary/aromatic N) is 1. The van der Waals surface area contributed by atoms with Crippen molar-refractivity contribution in [2.45, 2.75) is 6.92 Å². The molecule has 0 fully saturated rings. The molecule has 9 heteroatoms. The fourth-order valence-electron chi connectivity index (χ4n) is 3.59. The van der Waals surface area contributed by atoms with Gasteiger partial charge in [0.25, 0.3) is 5.91 Å². The first-order chi connectivity index (χ1) is 16.4. The fourth-order valence-corrected chi connectivity index (χ4v) is 3.80. The summed E-state index contributed by atoms with van der Waals surface area (Å²) >= 11 is 5.37. The monoisotopic (exact) mass is 476 g/mol. The van der Waals surface area contributed by atoms with Crippen LogP contribution in [0.2, 0.25) is 0 Å². The number of hydrogen-bond acceptors (Lipinski definition) is 6. The van der Waals surface area contributed by atoms with Crippen LogP contribution in [0.25, 0.3) is 22.4 Å². The summed E-state index contributed by atoms with van der Waals surface area (Å²) in [6.07, 6.45) is 0. The largest absolute Gasteiger partial charge is 0.493 e. The van der Waals surface area contributed by atoms with Crippen molar-refractivity contribution in [3.8, 4) is 28.6 Å². The number of ether oxygens (including phenoxy) is 3. The molecule has 0 radical (unpaired) electrons. The number of hydrogen-bond donors (Lipinski definition) is 3. The molecule has 0 aliphatic rings. The zero-order valence-electron chi connectivity index (χ0n) is 19.2. The molecule has 4 aromatic rings. The van der Waals surface area contributed by atoms with Gasteiger partial charge in [0.2, 0.25) is 5.75 Å². The number of H-pyrrole nitrogens is 1. The molecular formula is C25H24N4O4S. The SMILES string of the molecule is COc1cc(C(=O)NC(=S)Nc2ccc(C)c(-c3nc4ccccc4[nH]3)c2)cc(OC)c1OC. The van der Waals surface area contributed by atoms with E-state index in [1.165, 1.54) is 21.3 Å². The minimum atomic E-state index is -0.415. The van der Waals surface area contributed by atoms with Crippen LogP contribution >= 0.6 is 12.2 Å². The van der Waals surface area contributed by atoms with Crippen molar-refractivity contribution in [3.05, 3.63) is 65.7 Å². The number of amides is 1. The summed E-state index contributed by atoms with van der Waals surface area (Å²) in [5.41, 5.74) is 4.87. The van der Waals surface area contributed by atoms with E-state index in [0.717, 1.165) is 33.7 Å². The molecule has 3 aromatic carbocycles. The number of benzene rings is 3. The Balaban J connectivity index is 1.52. The van der Waals surface area contributed by atoms with E-state index in [1.54, 1.807) is 12.1 Å². The maximum Gasteiger partial charge on any atom is 0.257 e. The lowest BCUT2D eigenvalue weighted by molar-refractivity contribution is 0.0977. The molecule has 0 saturated heterocycles. The molecule has 4 rings (SSSR count). The fraction of sp³-hybridized carbons (Fsp3) is 0.160. The minimum absolute atomic E-state index is 0.151. The van der Waals surface area contributed by atoms with Crippen molar-refractivity contribution < 1.29 is 19.0 Å². The van der Waals surface area contributed by atoms with Crippen molar-refractivity contribution in [3.63, 3.8) is 0 Å². The van der Waals surface area contributed by atoms with E-state index in [1.807, 2.05) is 49.4 Å². The highest BCUT2D eigenvalue weighted by Gasteiger charge is 2.18. The van der Waals surface area contributed by atoms with Gasteiger partial charge in [-0.3, -0.25) is 10.1 Å². The Morgan fingerprint density at radius 3 is 2.32 bits per heavy atom. The predicted molar refractivity (Wildman–Crippen MR) is 136 cm³/mol. The van der Waals surface area contributed by atoms with Crippen LogP contribution in [0.15, 0.2) is 54.6 Å². The minimum Gasteiger partial charge on any atom is -0.493 e. The highest BCUT2D eigenvalue weighted by molar-refractivity contribution is 7.80. The van der Waals surface area contributed by atoms with Crippen molar-refractivity contribution in [2.24, 2.45) is 0 Å². The molecule has 174 valence electrons. The summed E-state index contributed by atoms with van der Waals surface area (Å²) in [5.74, 6) is 1.50. The first-order valence-corrected chi connectivity index (χ1v) is 10.8. The molecule has 34 heavy (non-hydrogen) atoms. The Morgan fingerprint density at radius 1 is 0.971 bits per heavy atom. The lowest BCUT2D eigenvalue weighted by Gasteiger charge is -2.15. The first-order valence-electron chi connectivity index (χ1n) is 10.4. The Morgan fingerprint density at radius 2 is 1.68 bits per heavy atom. The van der Waals surface area contributed by atoms with Gasteiger partial charge in [-0.15, -0.1) is 0 Å². The standard InChI is InChI=1S/C25H24N4O4S/c1-14-9-10-16(13-17(14)23-27-18-7-5-6-8-19(18)28-23)26-25(34)29-24(30)15-11-20(31-2)22(33-4)21(12-15)32-3/h5-13H,1-4H3,(H,27,28)(H2,26,29,30,34). The number of methoxy groups -OCH3 is 3. The van der Waals surface area contributed by atoms with Gasteiger partial charge in [-0.05, 0) is 61.1 Å². The highest BCUT2D eigenvalue weighted by atomic mass is 32.1. The van der Waals surface area contributed by atoms with E-state index in [-0.39, 0.29) is 5.11 Å². The van der Waals surface area contributed by atoms with Gasteiger partial charge in [0.05, 0.1) is 32.4 Å². The van der Waals surface area contributed by atoms with Gasteiger partial charge in [-0.2, -0.15) is 0 Å². The van der Waals surface area contributed by atoms with Crippen LogP contribution in [0.3, 0.4) is 0 Å². The molecule has 0 spiro atoms. The van der Waals surface area contributed by atoms with E-state index in [4.69, 9.17) is 26.4 Å². The zero-order chi connectivity index (χ0) is 24.2. The molecule has 0 saturated carbocycles. The molecule has 0 bridgehead atoms. The molecule has 1 amide bonds. The van der Waals surface area contributed by atoms with E-state index in [2.05, 4.69) is 20.6 Å². The van der Waals surface area contributed by atoms with Gasteiger partial charge in [0.15, 0.2) is 16.6 Å². The van der Waals surface area contributed by atoms with Gasteiger partial charge < -0.3 is 24.5 Å². The molecule has 1 aromatic heterocycles. The van der Waals surface area contributed by atoms with Gasteiger partial charge in [-0.1, -0.05) is 18.2 Å². The summed E-state index contributed by atoms with van der Waals surface area (Å²) in [4.78, 5) is 20.8. The molecule has 0 unspecified atom stereocenters. The normalized spacial score (nSPS) is 10.6. The summed E-state index contributed by atoms with van der Waals surface area (Å²) in [6.45, 7) is 2.01. The number of carbonyl (C=O) groups excluding carboxylic acids is 1. The lowest BCUT2D eigenvalue weighted by atomic mass is 10.1. The van der Waals surface area contributed by atoms with Gasteiger partial charge in [0.1, 0.15) is 5.82 Å². The number of carbonyl (C=O) groups is 1. The molecular weight excluding hydrogens is 452 g/mol. The maximum atomic E-state index is 12.8. The quantitative estimate of drug-likeness (QED) is 0.347. The van der Waals surface area contributed by atoms with Crippen molar-refractivity contribution >= 4 is 40.0 Å². The average molecular weight is 477 g/mol. The smallest absolute Gasteiger partial charge is 0.257 e. The van der Waals surface area contributed by atoms with Gasteiger partial charge in [0, 0.05) is 16.8 Å². The van der Waals surface area contributed by atoms with Gasteiger partial charge in [-0.25, -0.2) is 4.98 Å².